The van der Waals surface area contributed by atoms with Gasteiger partial charge in [0.05, 0.1) is 18.4 Å². The molecule has 0 atom stereocenters. The highest BCUT2D eigenvalue weighted by atomic mass is 35.5. The molecule has 23 heavy (non-hydrogen) atoms. The number of aryl methyl sites for hydroxylation is 1. The molecule has 1 amide bonds. The van der Waals surface area contributed by atoms with E-state index in [9.17, 15) is 4.79 Å². The van der Waals surface area contributed by atoms with Crippen molar-refractivity contribution in [1.29, 1.82) is 0 Å². The molecule has 0 aliphatic carbocycles. The Morgan fingerprint density at radius 1 is 1.22 bits per heavy atom. The van der Waals surface area contributed by atoms with Crippen LogP contribution in [0.3, 0.4) is 0 Å². The molecule has 0 fully saturated rings. The first-order valence-corrected chi connectivity index (χ1v) is 7.70. The van der Waals surface area contributed by atoms with Crippen LogP contribution in [0.4, 0.5) is 0 Å². The second kappa shape index (κ2) is 7.79. The van der Waals surface area contributed by atoms with Gasteiger partial charge in [-0.1, -0.05) is 48.4 Å². The number of benzene rings is 2. The molecule has 0 aliphatic heterocycles. The van der Waals surface area contributed by atoms with Gasteiger partial charge in [-0.25, -0.2) is 5.43 Å². The maximum atomic E-state index is 12.3. The highest BCUT2D eigenvalue weighted by Gasteiger charge is 2.13. The Morgan fingerprint density at radius 3 is 2.52 bits per heavy atom. The summed E-state index contributed by atoms with van der Waals surface area (Å²) in [5.74, 6) is 0.0953. The number of hydrazone groups is 1. The highest BCUT2D eigenvalue weighted by Crippen LogP contribution is 2.22. The summed E-state index contributed by atoms with van der Waals surface area (Å²) in [5, 5.41) is 4.71. The molecule has 0 radical (unpaired) electrons. The van der Waals surface area contributed by atoms with Gasteiger partial charge in [0, 0.05) is 5.02 Å². The van der Waals surface area contributed by atoms with Crippen LogP contribution in [-0.4, -0.2) is 18.7 Å². The SMILES string of the molecule is CCC(=NNC(=O)c1cc(Cl)ccc1OC)c1ccc(C)cc1. The van der Waals surface area contributed by atoms with Gasteiger partial charge >= 0.3 is 0 Å². The van der Waals surface area contributed by atoms with Crippen molar-refractivity contribution < 1.29 is 9.53 Å². The Hall–Kier alpha value is -2.33. The number of nitrogens with one attached hydrogen (secondary N) is 1. The number of nitrogens with zero attached hydrogens (tertiary/aromatic N) is 1. The molecule has 0 heterocycles. The average Bonchev–Trinajstić information content (AvgIpc) is 2.56. The van der Waals surface area contributed by atoms with E-state index in [1.165, 1.54) is 12.7 Å². The van der Waals surface area contributed by atoms with Crippen LogP contribution in [0.1, 0.15) is 34.8 Å². The summed E-state index contributed by atoms with van der Waals surface area (Å²) < 4.78 is 5.18. The first-order valence-electron chi connectivity index (χ1n) is 7.32. The van der Waals surface area contributed by atoms with Crippen LogP contribution in [0, 0.1) is 6.92 Å². The maximum absolute atomic E-state index is 12.3. The fraction of sp³-hybridized carbons (Fsp3) is 0.222. The van der Waals surface area contributed by atoms with Crippen LogP contribution in [0.25, 0.3) is 0 Å². The van der Waals surface area contributed by atoms with Crippen molar-refractivity contribution in [2.75, 3.05) is 7.11 Å². The number of hydrogen-bond donors (Lipinski definition) is 1. The fourth-order valence-corrected chi connectivity index (χ4v) is 2.30. The number of ether oxygens (including phenoxy) is 1. The first kappa shape index (κ1) is 17.0. The van der Waals surface area contributed by atoms with E-state index in [2.05, 4.69) is 10.5 Å². The Balaban J connectivity index is 2.22. The minimum absolute atomic E-state index is 0.350. The lowest BCUT2D eigenvalue weighted by molar-refractivity contribution is 0.0952. The van der Waals surface area contributed by atoms with Gasteiger partial charge < -0.3 is 4.74 Å². The van der Waals surface area contributed by atoms with Crippen LogP contribution >= 0.6 is 11.6 Å². The van der Waals surface area contributed by atoms with E-state index in [0.717, 1.165) is 11.3 Å². The van der Waals surface area contributed by atoms with E-state index in [-0.39, 0.29) is 5.91 Å². The molecule has 0 spiro atoms. The lowest BCUT2D eigenvalue weighted by atomic mass is 10.1. The van der Waals surface area contributed by atoms with Gasteiger partial charge in [0.25, 0.3) is 5.91 Å². The molecule has 0 aromatic heterocycles. The largest absolute Gasteiger partial charge is 0.496 e. The van der Waals surface area contributed by atoms with Gasteiger partial charge in [-0.15, -0.1) is 0 Å². The zero-order chi connectivity index (χ0) is 16.8. The van der Waals surface area contributed by atoms with Crippen molar-refractivity contribution in [3.63, 3.8) is 0 Å². The Kier molecular flexibility index (Phi) is 5.77. The summed E-state index contributed by atoms with van der Waals surface area (Å²) in [5.41, 5.74) is 5.89. The zero-order valence-electron chi connectivity index (χ0n) is 13.4. The third-order valence-corrected chi connectivity index (χ3v) is 3.65. The normalized spacial score (nSPS) is 11.2. The van der Waals surface area contributed by atoms with E-state index >= 15 is 0 Å². The lowest BCUT2D eigenvalue weighted by Crippen LogP contribution is -2.20. The van der Waals surface area contributed by atoms with Crippen LogP contribution in [0.5, 0.6) is 5.75 Å². The summed E-state index contributed by atoms with van der Waals surface area (Å²) in [6.45, 7) is 4.02. The van der Waals surface area contributed by atoms with Crippen molar-refractivity contribution in [2.45, 2.75) is 20.3 Å². The van der Waals surface area contributed by atoms with E-state index in [1.54, 1.807) is 18.2 Å². The van der Waals surface area contributed by atoms with E-state index in [1.807, 2.05) is 38.1 Å². The average molecular weight is 331 g/mol. The van der Waals surface area contributed by atoms with Crippen LogP contribution < -0.4 is 10.2 Å². The molecule has 0 aliphatic rings. The summed E-state index contributed by atoms with van der Waals surface area (Å²) in [6.07, 6.45) is 0.704. The standard InChI is InChI=1S/C18H19ClN2O2/c1-4-16(13-7-5-12(2)6-8-13)20-21-18(22)15-11-14(19)9-10-17(15)23-3/h5-11H,4H2,1-3H3,(H,21,22). The molecule has 0 saturated carbocycles. The third kappa shape index (κ3) is 4.33. The van der Waals surface area contributed by atoms with Crippen LogP contribution in [0.2, 0.25) is 5.02 Å². The number of rotatable bonds is 5. The number of carbonyl (C=O) groups is 1. The topological polar surface area (TPSA) is 50.7 Å². The van der Waals surface area contributed by atoms with Crippen molar-refractivity contribution in [2.24, 2.45) is 5.10 Å². The monoisotopic (exact) mass is 330 g/mol. The molecule has 1 N–H and O–H groups in total. The number of hydrogen-bond acceptors (Lipinski definition) is 3. The molecule has 2 rings (SSSR count). The molecule has 4 nitrogen and oxygen atoms in total. The summed E-state index contributed by atoms with van der Waals surface area (Å²) in [7, 11) is 1.51. The van der Waals surface area contributed by atoms with Gasteiger partial charge in [-0.2, -0.15) is 5.10 Å². The van der Waals surface area contributed by atoms with Gasteiger partial charge in [0.2, 0.25) is 0 Å². The Bertz CT molecular complexity index is 724. The predicted octanol–water partition coefficient (Wildman–Crippen LogP) is 4.20. The van der Waals surface area contributed by atoms with E-state index in [4.69, 9.17) is 16.3 Å². The number of methoxy groups -OCH3 is 1. The summed E-state index contributed by atoms with van der Waals surface area (Å²) >= 11 is 5.95. The second-order valence-electron chi connectivity index (χ2n) is 5.06. The van der Waals surface area contributed by atoms with Gasteiger partial charge in [-0.3, -0.25) is 4.79 Å². The maximum Gasteiger partial charge on any atom is 0.275 e. The highest BCUT2D eigenvalue weighted by molar-refractivity contribution is 6.31. The molecule has 5 heteroatoms. The molecule has 2 aromatic carbocycles. The molecule has 0 saturated heterocycles. The van der Waals surface area contributed by atoms with Crippen LogP contribution in [-0.2, 0) is 0 Å². The summed E-state index contributed by atoms with van der Waals surface area (Å²) in [6, 6.07) is 12.9. The van der Waals surface area contributed by atoms with E-state index < -0.39 is 0 Å². The molecular formula is C18H19ClN2O2. The van der Waals surface area contributed by atoms with Crippen molar-refractivity contribution in [1.82, 2.24) is 5.43 Å². The quantitative estimate of drug-likeness (QED) is 0.659. The zero-order valence-corrected chi connectivity index (χ0v) is 14.1. The van der Waals surface area contributed by atoms with Crippen LogP contribution in [0.15, 0.2) is 47.6 Å². The predicted molar refractivity (Wildman–Crippen MR) is 93.5 cm³/mol. The van der Waals surface area contributed by atoms with E-state index in [0.29, 0.717) is 22.8 Å². The van der Waals surface area contributed by atoms with Gasteiger partial charge in [0.15, 0.2) is 0 Å². The smallest absolute Gasteiger partial charge is 0.275 e. The summed E-state index contributed by atoms with van der Waals surface area (Å²) in [4.78, 5) is 12.3. The minimum atomic E-state index is -0.359. The molecule has 0 unspecified atom stereocenters. The number of amides is 1. The van der Waals surface area contributed by atoms with Crippen molar-refractivity contribution >= 4 is 23.2 Å². The lowest BCUT2D eigenvalue weighted by Gasteiger charge is -2.09. The Labute approximate surface area is 141 Å². The number of carbonyl (C=O) groups excluding carboxylic acids is 1. The van der Waals surface area contributed by atoms with Crippen molar-refractivity contribution in [3.05, 3.63) is 64.2 Å². The van der Waals surface area contributed by atoms with Crippen molar-refractivity contribution in [3.8, 4) is 5.75 Å². The first-order chi connectivity index (χ1) is 11.0. The minimum Gasteiger partial charge on any atom is -0.496 e. The third-order valence-electron chi connectivity index (χ3n) is 3.42. The van der Waals surface area contributed by atoms with Gasteiger partial charge in [-0.05, 0) is 37.1 Å². The number of halogens is 1. The second-order valence-corrected chi connectivity index (χ2v) is 5.50. The molecule has 120 valence electrons. The molecule has 0 bridgehead atoms. The molecule has 2 aromatic rings. The fourth-order valence-electron chi connectivity index (χ4n) is 2.13. The Morgan fingerprint density at radius 2 is 1.91 bits per heavy atom. The molecular weight excluding hydrogens is 312 g/mol. The van der Waals surface area contributed by atoms with Gasteiger partial charge in [0.1, 0.15) is 5.75 Å².